The van der Waals surface area contributed by atoms with Crippen LogP contribution >= 0.6 is 0 Å². The topological polar surface area (TPSA) is 32.7 Å². The van der Waals surface area contributed by atoms with E-state index in [0.717, 1.165) is 0 Å². The molecule has 6 heteroatoms. The summed E-state index contributed by atoms with van der Waals surface area (Å²) in [5, 5.41) is 9.44. The average molecular weight is 241 g/mol. The molecule has 1 N–H and O–H groups in total. The van der Waals surface area contributed by atoms with E-state index in [-0.39, 0.29) is 19.4 Å². The van der Waals surface area contributed by atoms with Crippen molar-refractivity contribution in [1.29, 1.82) is 0 Å². The first kappa shape index (κ1) is 13.7. The molecule has 96 valence electrons. The number of methoxy groups -OCH3 is 1. The molecule has 1 saturated heterocycles. The van der Waals surface area contributed by atoms with E-state index in [1.54, 1.807) is 0 Å². The van der Waals surface area contributed by atoms with Gasteiger partial charge in [0.2, 0.25) is 0 Å². The van der Waals surface area contributed by atoms with Crippen molar-refractivity contribution in [2.45, 2.75) is 25.1 Å². The smallest absolute Gasteiger partial charge is 0.389 e. The van der Waals surface area contributed by atoms with Crippen LogP contribution in [0, 0.1) is 5.92 Å². The van der Waals surface area contributed by atoms with Gasteiger partial charge in [0.1, 0.15) is 0 Å². The minimum atomic E-state index is -4.07. The van der Waals surface area contributed by atoms with Gasteiger partial charge in [-0.2, -0.15) is 13.2 Å². The van der Waals surface area contributed by atoms with E-state index >= 15 is 0 Å². The summed E-state index contributed by atoms with van der Waals surface area (Å²) < 4.78 is 41.9. The highest BCUT2D eigenvalue weighted by Crippen LogP contribution is 2.33. The van der Waals surface area contributed by atoms with Gasteiger partial charge in [-0.15, -0.1) is 0 Å². The lowest BCUT2D eigenvalue weighted by atomic mass is 9.96. The predicted molar refractivity (Wildman–Crippen MR) is 53.1 cm³/mol. The molecule has 16 heavy (non-hydrogen) atoms. The standard InChI is InChI=1S/C10H18F3NO2/c1-16-7-9(15)6-14-4-2-8(3-5-14)10(11,12)13/h8-9,15H,2-7H2,1H3. The minimum Gasteiger partial charge on any atom is -0.389 e. The molecule has 1 heterocycles. The van der Waals surface area contributed by atoms with Crippen LogP contribution in [0.2, 0.25) is 0 Å². The monoisotopic (exact) mass is 241 g/mol. The number of hydrogen-bond acceptors (Lipinski definition) is 3. The van der Waals surface area contributed by atoms with E-state index < -0.39 is 18.2 Å². The maximum absolute atomic E-state index is 12.4. The molecule has 0 aromatic carbocycles. The third kappa shape index (κ3) is 4.27. The van der Waals surface area contributed by atoms with Gasteiger partial charge in [0, 0.05) is 13.7 Å². The quantitative estimate of drug-likeness (QED) is 0.804. The fourth-order valence-corrected chi connectivity index (χ4v) is 1.99. The highest BCUT2D eigenvalue weighted by molar-refractivity contribution is 4.78. The van der Waals surface area contributed by atoms with Gasteiger partial charge in [-0.1, -0.05) is 0 Å². The zero-order valence-corrected chi connectivity index (χ0v) is 9.33. The van der Waals surface area contributed by atoms with E-state index in [2.05, 4.69) is 0 Å². The Balaban J connectivity index is 2.27. The SMILES string of the molecule is COCC(O)CN1CCC(C(F)(F)F)CC1. The van der Waals surface area contributed by atoms with Crippen molar-refractivity contribution >= 4 is 0 Å². The van der Waals surface area contributed by atoms with Crippen LogP contribution in [0.5, 0.6) is 0 Å². The molecule has 1 aliphatic rings. The second-order valence-electron chi connectivity index (χ2n) is 4.23. The first-order chi connectivity index (χ1) is 7.43. The Bertz CT molecular complexity index is 203. The number of halogens is 3. The Hall–Kier alpha value is -0.330. The van der Waals surface area contributed by atoms with Gasteiger partial charge in [-0.05, 0) is 25.9 Å². The zero-order valence-electron chi connectivity index (χ0n) is 9.33. The van der Waals surface area contributed by atoms with Gasteiger partial charge in [0.25, 0.3) is 0 Å². The fourth-order valence-electron chi connectivity index (χ4n) is 1.99. The van der Waals surface area contributed by atoms with E-state index in [9.17, 15) is 18.3 Å². The second kappa shape index (κ2) is 5.84. The number of likely N-dealkylation sites (tertiary alicyclic amines) is 1. The number of hydrogen-bond donors (Lipinski definition) is 1. The van der Waals surface area contributed by atoms with Crippen LogP contribution in [0.3, 0.4) is 0 Å². The lowest BCUT2D eigenvalue weighted by Gasteiger charge is -2.33. The second-order valence-corrected chi connectivity index (χ2v) is 4.23. The summed E-state index contributed by atoms with van der Waals surface area (Å²) in [6.45, 7) is 1.40. The highest BCUT2D eigenvalue weighted by atomic mass is 19.4. The van der Waals surface area contributed by atoms with Crippen molar-refractivity contribution in [3.8, 4) is 0 Å². The van der Waals surface area contributed by atoms with Crippen LogP contribution in [-0.2, 0) is 4.74 Å². The molecular formula is C10H18F3NO2. The third-order valence-electron chi connectivity index (χ3n) is 2.88. The highest BCUT2D eigenvalue weighted by Gasteiger charge is 2.41. The number of aliphatic hydroxyl groups is 1. The predicted octanol–water partition coefficient (Wildman–Crippen LogP) is 1.27. The minimum absolute atomic E-state index is 0.128. The normalized spacial score (nSPS) is 22.3. The van der Waals surface area contributed by atoms with Gasteiger partial charge in [0.05, 0.1) is 18.6 Å². The number of alkyl halides is 3. The molecule has 1 fully saturated rings. The van der Waals surface area contributed by atoms with Crippen molar-refractivity contribution < 1.29 is 23.0 Å². The number of β-amino-alcohol motifs (C(OH)–C–C–N with tert-alkyl or cyclic N) is 1. The van der Waals surface area contributed by atoms with Crippen LogP contribution < -0.4 is 0 Å². The molecule has 0 spiro atoms. The fraction of sp³-hybridized carbons (Fsp3) is 1.00. The summed E-state index contributed by atoms with van der Waals surface area (Å²) in [5.41, 5.74) is 0. The number of rotatable bonds is 4. The summed E-state index contributed by atoms with van der Waals surface area (Å²) in [7, 11) is 1.49. The molecule has 0 aromatic heterocycles. The van der Waals surface area contributed by atoms with Crippen molar-refractivity contribution in [2.24, 2.45) is 5.92 Å². The number of nitrogens with zero attached hydrogens (tertiary/aromatic N) is 1. The van der Waals surface area contributed by atoms with E-state index in [1.807, 2.05) is 4.90 Å². The summed E-state index contributed by atoms with van der Waals surface area (Å²) in [6.07, 6.45) is -4.43. The van der Waals surface area contributed by atoms with Gasteiger partial charge < -0.3 is 14.7 Å². The summed E-state index contributed by atoms with van der Waals surface area (Å²) in [5.74, 6) is -1.18. The van der Waals surface area contributed by atoms with Crippen molar-refractivity contribution in [2.75, 3.05) is 33.4 Å². The Kier molecular flexibility index (Phi) is 5.01. The molecule has 0 amide bonds. The van der Waals surface area contributed by atoms with E-state index in [4.69, 9.17) is 4.74 Å². The van der Waals surface area contributed by atoms with Crippen LogP contribution in [0.25, 0.3) is 0 Å². The largest absolute Gasteiger partial charge is 0.391 e. The first-order valence-corrected chi connectivity index (χ1v) is 5.39. The Morgan fingerprint density at radius 1 is 1.38 bits per heavy atom. The Labute approximate surface area is 93.2 Å². The molecule has 0 radical (unpaired) electrons. The average Bonchev–Trinajstić information content (AvgIpc) is 2.17. The number of aliphatic hydroxyl groups excluding tert-OH is 1. The van der Waals surface area contributed by atoms with Crippen molar-refractivity contribution in [3.05, 3.63) is 0 Å². The summed E-state index contributed by atoms with van der Waals surface area (Å²) >= 11 is 0. The molecule has 0 aliphatic carbocycles. The molecule has 0 bridgehead atoms. The van der Waals surface area contributed by atoms with Gasteiger partial charge in [-0.25, -0.2) is 0 Å². The number of piperidine rings is 1. The number of ether oxygens (including phenoxy) is 1. The molecule has 0 saturated carbocycles. The van der Waals surface area contributed by atoms with Gasteiger partial charge in [-0.3, -0.25) is 0 Å². The molecule has 0 aromatic rings. The Morgan fingerprint density at radius 2 is 1.94 bits per heavy atom. The molecule has 1 rings (SSSR count). The molecule has 1 aliphatic heterocycles. The lowest BCUT2D eigenvalue weighted by Crippen LogP contribution is -2.43. The molecule has 3 nitrogen and oxygen atoms in total. The van der Waals surface area contributed by atoms with Crippen molar-refractivity contribution in [1.82, 2.24) is 4.90 Å². The first-order valence-electron chi connectivity index (χ1n) is 5.39. The molecule has 1 atom stereocenters. The molecule has 1 unspecified atom stereocenters. The van der Waals surface area contributed by atoms with Crippen LogP contribution in [0.1, 0.15) is 12.8 Å². The van der Waals surface area contributed by atoms with Gasteiger partial charge >= 0.3 is 6.18 Å². The summed E-state index contributed by atoms with van der Waals surface area (Å²) in [6, 6.07) is 0. The van der Waals surface area contributed by atoms with Crippen LogP contribution in [0.4, 0.5) is 13.2 Å². The lowest BCUT2D eigenvalue weighted by molar-refractivity contribution is -0.185. The third-order valence-corrected chi connectivity index (χ3v) is 2.88. The maximum atomic E-state index is 12.4. The van der Waals surface area contributed by atoms with E-state index in [1.165, 1.54) is 7.11 Å². The summed E-state index contributed by atoms with van der Waals surface area (Å²) in [4.78, 5) is 1.85. The van der Waals surface area contributed by atoms with Gasteiger partial charge in [0.15, 0.2) is 0 Å². The van der Waals surface area contributed by atoms with Crippen molar-refractivity contribution in [3.63, 3.8) is 0 Å². The Morgan fingerprint density at radius 3 is 2.38 bits per heavy atom. The van der Waals surface area contributed by atoms with Crippen LogP contribution in [-0.4, -0.2) is 55.6 Å². The van der Waals surface area contributed by atoms with Crippen LogP contribution in [0.15, 0.2) is 0 Å². The zero-order chi connectivity index (χ0) is 12.2. The molecular weight excluding hydrogens is 223 g/mol. The maximum Gasteiger partial charge on any atom is 0.391 e. The van der Waals surface area contributed by atoms with E-state index in [0.29, 0.717) is 19.6 Å².